The fourth-order valence-corrected chi connectivity index (χ4v) is 3.87. The third kappa shape index (κ3) is 2.94. The quantitative estimate of drug-likeness (QED) is 0.907. The van der Waals surface area contributed by atoms with E-state index in [2.05, 4.69) is 48.2 Å². The molecule has 0 aromatic carbocycles. The average Bonchev–Trinajstić information content (AvgIpc) is 2.84. The summed E-state index contributed by atoms with van der Waals surface area (Å²) >= 11 is 1.83. The number of nitrogens with zero attached hydrogens (tertiary/aromatic N) is 2. The molecule has 2 N–H and O–H groups in total. The zero-order valence-corrected chi connectivity index (χ0v) is 12.5. The molecule has 1 aromatic rings. The van der Waals surface area contributed by atoms with Crippen molar-refractivity contribution in [2.24, 2.45) is 5.73 Å². The third-order valence-electron chi connectivity index (χ3n) is 4.01. The van der Waals surface area contributed by atoms with Gasteiger partial charge in [-0.05, 0) is 31.8 Å². The molecule has 3 nitrogen and oxygen atoms in total. The van der Waals surface area contributed by atoms with E-state index in [1.807, 2.05) is 11.3 Å². The van der Waals surface area contributed by atoms with Gasteiger partial charge in [0.05, 0.1) is 6.04 Å². The molecule has 1 aromatic heterocycles. The van der Waals surface area contributed by atoms with Crippen LogP contribution in [0, 0.1) is 0 Å². The van der Waals surface area contributed by atoms with Crippen LogP contribution in [-0.4, -0.2) is 48.6 Å². The molecule has 1 aliphatic heterocycles. The van der Waals surface area contributed by atoms with Crippen LogP contribution in [0.3, 0.4) is 0 Å². The van der Waals surface area contributed by atoms with Gasteiger partial charge in [0.1, 0.15) is 0 Å². The van der Waals surface area contributed by atoms with Gasteiger partial charge >= 0.3 is 0 Å². The highest BCUT2D eigenvalue weighted by molar-refractivity contribution is 7.10. The standard InChI is InChI=1S/C14H25N3S/c1-4-12-10-17(8-7-16(12)3)14(11(2)15)13-6-5-9-18-13/h5-6,9,11-12,14H,4,7-8,10,15H2,1-3H3. The molecule has 3 atom stereocenters. The molecule has 3 unspecified atom stereocenters. The van der Waals surface area contributed by atoms with Crippen LogP contribution >= 0.6 is 11.3 Å². The molecule has 4 heteroatoms. The van der Waals surface area contributed by atoms with Crippen molar-refractivity contribution < 1.29 is 0 Å². The van der Waals surface area contributed by atoms with Crippen LogP contribution in [0.25, 0.3) is 0 Å². The molecule has 0 bridgehead atoms. The molecule has 0 radical (unpaired) electrons. The minimum absolute atomic E-state index is 0.185. The summed E-state index contributed by atoms with van der Waals surface area (Å²) in [6, 6.07) is 5.58. The van der Waals surface area contributed by atoms with Gasteiger partial charge in [-0.1, -0.05) is 13.0 Å². The van der Waals surface area contributed by atoms with E-state index in [9.17, 15) is 0 Å². The summed E-state index contributed by atoms with van der Waals surface area (Å²) in [5.41, 5.74) is 6.23. The van der Waals surface area contributed by atoms with Gasteiger partial charge in [0.15, 0.2) is 0 Å². The Morgan fingerprint density at radius 2 is 2.28 bits per heavy atom. The second-order valence-corrected chi connectivity index (χ2v) is 6.34. The van der Waals surface area contributed by atoms with E-state index in [0.717, 1.165) is 19.6 Å². The molecule has 0 saturated carbocycles. The van der Waals surface area contributed by atoms with Crippen molar-refractivity contribution in [3.05, 3.63) is 22.4 Å². The molecule has 2 rings (SSSR count). The molecule has 102 valence electrons. The number of nitrogens with two attached hydrogens (primary N) is 1. The van der Waals surface area contributed by atoms with E-state index in [0.29, 0.717) is 12.1 Å². The lowest BCUT2D eigenvalue weighted by Gasteiger charge is -2.43. The fraction of sp³-hybridized carbons (Fsp3) is 0.714. The topological polar surface area (TPSA) is 32.5 Å². The SMILES string of the molecule is CCC1CN(C(c2cccs2)C(C)N)CCN1C. The van der Waals surface area contributed by atoms with Gasteiger partial charge in [0.25, 0.3) is 0 Å². The average molecular weight is 267 g/mol. The largest absolute Gasteiger partial charge is 0.326 e. The fourth-order valence-electron chi connectivity index (χ4n) is 2.89. The second kappa shape index (κ2) is 6.15. The number of rotatable bonds is 4. The van der Waals surface area contributed by atoms with Crippen LogP contribution in [0.1, 0.15) is 31.2 Å². The molecule has 0 amide bonds. The van der Waals surface area contributed by atoms with Crippen molar-refractivity contribution >= 4 is 11.3 Å². The first kappa shape index (κ1) is 14.0. The van der Waals surface area contributed by atoms with Crippen LogP contribution in [0.2, 0.25) is 0 Å². The minimum atomic E-state index is 0.185. The second-order valence-electron chi connectivity index (χ2n) is 5.36. The van der Waals surface area contributed by atoms with Crippen molar-refractivity contribution in [2.75, 3.05) is 26.7 Å². The lowest BCUT2D eigenvalue weighted by molar-refractivity contribution is 0.0561. The van der Waals surface area contributed by atoms with Crippen molar-refractivity contribution in [2.45, 2.75) is 38.4 Å². The van der Waals surface area contributed by atoms with Gasteiger partial charge in [-0.2, -0.15) is 0 Å². The molecule has 0 aliphatic carbocycles. The summed E-state index contributed by atoms with van der Waals surface area (Å²) in [5, 5.41) is 2.15. The summed E-state index contributed by atoms with van der Waals surface area (Å²) in [6.07, 6.45) is 1.21. The lowest BCUT2D eigenvalue weighted by atomic mass is 10.0. The van der Waals surface area contributed by atoms with Crippen molar-refractivity contribution in [3.8, 4) is 0 Å². The van der Waals surface area contributed by atoms with Gasteiger partial charge in [-0.3, -0.25) is 4.90 Å². The Balaban J connectivity index is 2.12. The zero-order chi connectivity index (χ0) is 13.1. The molecule has 1 saturated heterocycles. The molecule has 1 fully saturated rings. The van der Waals surface area contributed by atoms with Crippen LogP contribution < -0.4 is 5.73 Å². The number of likely N-dealkylation sites (N-methyl/N-ethyl adjacent to an activating group) is 1. The molecule has 1 aliphatic rings. The maximum Gasteiger partial charge on any atom is 0.0591 e. The maximum absolute atomic E-state index is 6.23. The van der Waals surface area contributed by atoms with E-state index < -0.39 is 0 Å². The Hall–Kier alpha value is -0.420. The molecule has 2 heterocycles. The third-order valence-corrected chi connectivity index (χ3v) is 4.95. The highest BCUT2D eigenvalue weighted by Crippen LogP contribution is 2.29. The Morgan fingerprint density at radius 1 is 1.50 bits per heavy atom. The zero-order valence-electron chi connectivity index (χ0n) is 11.7. The molecule has 0 spiro atoms. The summed E-state index contributed by atoms with van der Waals surface area (Å²) < 4.78 is 0. The minimum Gasteiger partial charge on any atom is -0.326 e. The first-order chi connectivity index (χ1) is 8.63. The maximum atomic E-state index is 6.23. The molecule has 18 heavy (non-hydrogen) atoms. The van der Waals surface area contributed by atoms with Crippen LogP contribution in [0.4, 0.5) is 0 Å². The lowest BCUT2D eigenvalue weighted by Crippen LogP contribution is -2.54. The Morgan fingerprint density at radius 3 is 2.83 bits per heavy atom. The van der Waals surface area contributed by atoms with Crippen LogP contribution in [0.15, 0.2) is 17.5 Å². The van der Waals surface area contributed by atoms with E-state index >= 15 is 0 Å². The van der Waals surface area contributed by atoms with Crippen LogP contribution in [0.5, 0.6) is 0 Å². The summed E-state index contributed by atoms with van der Waals surface area (Å²) in [7, 11) is 2.23. The summed E-state index contributed by atoms with van der Waals surface area (Å²) in [5.74, 6) is 0. The van der Waals surface area contributed by atoms with E-state index in [1.165, 1.54) is 11.3 Å². The van der Waals surface area contributed by atoms with E-state index in [1.54, 1.807) is 0 Å². The summed E-state index contributed by atoms with van der Waals surface area (Å²) in [4.78, 5) is 6.46. The molecular weight excluding hydrogens is 242 g/mol. The highest BCUT2D eigenvalue weighted by Gasteiger charge is 2.31. The normalized spacial score (nSPS) is 26.1. The molecular formula is C14H25N3S. The Bertz CT molecular complexity index is 350. The van der Waals surface area contributed by atoms with E-state index in [4.69, 9.17) is 5.73 Å². The van der Waals surface area contributed by atoms with Gasteiger partial charge < -0.3 is 10.6 Å². The number of thiophene rings is 1. The van der Waals surface area contributed by atoms with Gasteiger partial charge in [0.2, 0.25) is 0 Å². The van der Waals surface area contributed by atoms with Gasteiger partial charge in [-0.25, -0.2) is 0 Å². The highest BCUT2D eigenvalue weighted by atomic mass is 32.1. The first-order valence-electron chi connectivity index (χ1n) is 6.86. The van der Waals surface area contributed by atoms with Gasteiger partial charge in [-0.15, -0.1) is 11.3 Å². The summed E-state index contributed by atoms with van der Waals surface area (Å²) in [6.45, 7) is 7.81. The van der Waals surface area contributed by atoms with Crippen molar-refractivity contribution in [1.29, 1.82) is 0 Å². The predicted octanol–water partition coefficient (Wildman–Crippen LogP) is 2.16. The van der Waals surface area contributed by atoms with E-state index in [-0.39, 0.29) is 6.04 Å². The predicted molar refractivity (Wildman–Crippen MR) is 79.0 cm³/mol. The van der Waals surface area contributed by atoms with Crippen molar-refractivity contribution in [1.82, 2.24) is 9.80 Å². The van der Waals surface area contributed by atoms with Gasteiger partial charge in [0, 0.05) is 36.6 Å². The smallest absolute Gasteiger partial charge is 0.0591 e. The monoisotopic (exact) mass is 267 g/mol. The number of piperazine rings is 1. The van der Waals surface area contributed by atoms with Crippen molar-refractivity contribution in [3.63, 3.8) is 0 Å². The number of hydrogen-bond donors (Lipinski definition) is 1. The first-order valence-corrected chi connectivity index (χ1v) is 7.74. The Labute approximate surface area is 115 Å². The number of hydrogen-bond acceptors (Lipinski definition) is 4. The van der Waals surface area contributed by atoms with Crippen LogP contribution in [-0.2, 0) is 0 Å². The Kier molecular flexibility index (Phi) is 4.78.